The molecule has 0 spiro atoms. The predicted molar refractivity (Wildman–Crippen MR) is 79.8 cm³/mol. The molecule has 18 heavy (non-hydrogen) atoms. The molecule has 0 amide bonds. The zero-order valence-corrected chi connectivity index (χ0v) is 12.9. The van der Waals surface area contributed by atoms with Gasteiger partial charge in [0.1, 0.15) is 4.99 Å². The highest BCUT2D eigenvalue weighted by Gasteiger charge is 2.19. The lowest BCUT2D eigenvalue weighted by Gasteiger charge is -2.20. The van der Waals surface area contributed by atoms with E-state index in [-0.39, 0.29) is 0 Å². The normalized spacial score (nSPS) is 14.7. The Balaban J connectivity index is 2.33. The average molecular weight is 330 g/mol. The molecular weight excluding hydrogens is 314 g/mol. The highest BCUT2D eigenvalue weighted by atomic mass is 79.9. The minimum atomic E-state index is 0.698. The van der Waals surface area contributed by atoms with Crippen molar-refractivity contribution in [1.82, 2.24) is 4.90 Å². The van der Waals surface area contributed by atoms with Crippen LogP contribution in [0.1, 0.15) is 18.4 Å². The maximum absolute atomic E-state index is 5.54. The summed E-state index contributed by atoms with van der Waals surface area (Å²) in [6.45, 7) is 2.09. The summed E-state index contributed by atoms with van der Waals surface area (Å²) in [6.07, 6.45) is 2.43. The number of halogens is 1. The summed E-state index contributed by atoms with van der Waals surface area (Å²) < 4.78 is 11.5. The fraction of sp³-hybridized carbons (Fsp3) is 0.462. The first-order valence-corrected chi connectivity index (χ1v) is 7.08. The SMILES string of the molecule is COc1cc(C(=S)N2CCCC2)cc(Br)c1OC. The highest BCUT2D eigenvalue weighted by molar-refractivity contribution is 9.10. The number of rotatable bonds is 3. The van der Waals surface area contributed by atoms with Gasteiger partial charge in [-0.05, 0) is 40.9 Å². The largest absolute Gasteiger partial charge is 0.493 e. The van der Waals surface area contributed by atoms with Crippen LogP contribution in [-0.2, 0) is 0 Å². The van der Waals surface area contributed by atoms with Crippen LogP contribution in [0.4, 0.5) is 0 Å². The molecule has 98 valence electrons. The van der Waals surface area contributed by atoms with Crippen molar-refractivity contribution in [2.45, 2.75) is 12.8 Å². The molecule has 1 aliphatic rings. The van der Waals surface area contributed by atoms with Gasteiger partial charge in [-0.2, -0.15) is 0 Å². The number of ether oxygens (including phenoxy) is 2. The molecule has 1 heterocycles. The number of benzene rings is 1. The summed E-state index contributed by atoms with van der Waals surface area (Å²) in [7, 11) is 3.26. The summed E-state index contributed by atoms with van der Waals surface area (Å²) in [4.78, 5) is 3.12. The molecule has 1 aliphatic heterocycles. The van der Waals surface area contributed by atoms with Crippen LogP contribution in [0.25, 0.3) is 0 Å². The summed E-state index contributed by atoms with van der Waals surface area (Å²) in [6, 6.07) is 3.92. The van der Waals surface area contributed by atoms with Gasteiger partial charge in [-0.3, -0.25) is 0 Å². The molecule has 0 aliphatic carbocycles. The molecule has 0 saturated carbocycles. The van der Waals surface area contributed by atoms with Crippen molar-refractivity contribution in [3.05, 3.63) is 22.2 Å². The van der Waals surface area contributed by atoms with Crippen molar-refractivity contribution in [2.24, 2.45) is 0 Å². The number of hydrogen-bond donors (Lipinski definition) is 0. The molecule has 3 nitrogen and oxygen atoms in total. The van der Waals surface area contributed by atoms with Crippen LogP contribution in [0.15, 0.2) is 16.6 Å². The second-order valence-electron chi connectivity index (χ2n) is 4.19. The lowest BCUT2D eigenvalue weighted by Crippen LogP contribution is -2.26. The Hall–Kier alpha value is -0.810. The first-order valence-electron chi connectivity index (χ1n) is 5.88. The Labute approximate surface area is 121 Å². The second kappa shape index (κ2) is 5.89. The molecule has 1 fully saturated rings. The maximum atomic E-state index is 5.54. The molecule has 5 heteroatoms. The van der Waals surface area contributed by atoms with Gasteiger partial charge in [-0.15, -0.1) is 0 Å². The van der Waals surface area contributed by atoms with Crippen LogP contribution in [0.3, 0.4) is 0 Å². The van der Waals surface area contributed by atoms with Gasteiger partial charge < -0.3 is 14.4 Å². The van der Waals surface area contributed by atoms with E-state index >= 15 is 0 Å². The molecule has 1 aromatic carbocycles. The molecule has 1 saturated heterocycles. The fourth-order valence-electron chi connectivity index (χ4n) is 2.14. The van der Waals surface area contributed by atoms with Crippen LogP contribution >= 0.6 is 28.1 Å². The van der Waals surface area contributed by atoms with E-state index in [9.17, 15) is 0 Å². The van der Waals surface area contributed by atoms with Crippen molar-refractivity contribution in [1.29, 1.82) is 0 Å². The fourth-order valence-corrected chi connectivity index (χ4v) is 3.05. The minimum Gasteiger partial charge on any atom is -0.493 e. The van der Waals surface area contributed by atoms with E-state index in [1.54, 1.807) is 14.2 Å². The molecule has 2 rings (SSSR count). The number of methoxy groups -OCH3 is 2. The Morgan fingerprint density at radius 2 is 1.89 bits per heavy atom. The number of thiocarbonyl (C=S) groups is 1. The summed E-state index contributed by atoms with van der Waals surface area (Å²) in [5.41, 5.74) is 0.997. The van der Waals surface area contributed by atoms with Crippen LogP contribution < -0.4 is 9.47 Å². The predicted octanol–water partition coefficient (Wildman–Crippen LogP) is 3.24. The van der Waals surface area contributed by atoms with Gasteiger partial charge in [0.25, 0.3) is 0 Å². The van der Waals surface area contributed by atoms with Crippen molar-refractivity contribution < 1.29 is 9.47 Å². The van der Waals surface area contributed by atoms with Crippen molar-refractivity contribution >= 4 is 33.1 Å². The van der Waals surface area contributed by atoms with E-state index < -0.39 is 0 Å². The van der Waals surface area contributed by atoms with E-state index in [2.05, 4.69) is 20.8 Å². The van der Waals surface area contributed by atoms with E-state index in [1.165, 1.54) is 12.8 Å². The maximum Gasteiger partial charge on any atom is 0.174 e. The summed E-state index contributed by atoms with van der Waals surface area (Å²) >= 11 is 9.03. The number of likely N-dealkylation sites (tertiary alicyclic amines) is 1. The third kappa shape index (κ3) is 2.62. The Morgan fingerprint density at radius 1 is 1.22 bits per heavy atom. The lowest BCUT2D eigenvalue weighted by atomic mass is 10.2. The van der Waals surface area contributed by atoms with Crippen LogP contribution in [0.5, 0.6) is 11.5 Å². The molecule has 0 atom stereocenters. The van der Waals surface area contributed by atoms with Crippen LogP contribution in [0, 0.1) is 0 Å². The van der Waals surface area contributed by atoms with Crippen molar-refractivity contribution in [3.8, 4) is 11.5 Å². The van der Waals surface area contributed by atoms with Gasteiger partial charge in [-0.25, -0.2) is 0 Å². The minimum absolute atomic E-state index is 0.698. The quantitative estimate of drug-likeness (QED) is 0.793. The molecule has 0 bridgehead atoms. The van der Waals surface area contributed by atoms with Gasteiger partial charge >= 0.3 is 0 Å². The van der Waals surface area contributed by atoms with E-state index in [1.807, 2.05) is 12.1 Å². The van der Waals surface area contributed by atoms with Crippen LogP contribution in [0.2, 0.25) is 0 Å². The smallest absolute Gasteiger partial charge is 0.174 e. The van der Waals surface area contributed by atoms with Gasteiger partial charge in [0.15, 0.2) is 11.5 Å². The topological polar surface area (TPSA) is 21.7 Å². The number of nitrogens with zero attached hydrogens (tertiary/aromatic N) is 1. The van der Waals surface area contributed by atoms with Gasteiger partial charge in [-0.1, -0.05) is 12.2 Å². The van der Waals surface area contributed by atoms with E-state index in [0.717, 1.165) is 28.1 Å². The first-order chi connectivity index (χ1) is 8.67. The lowest BCUT2D eigenvalue weighted by molar-refractivity contribution is 0.353. The molecular formula is C13H16BrNO2S. The number of hydrogen-bond acceptors (Lipinski definition) is 3. The van der Waals surface area contributed by atoms with E-state index in [4.69, 9.17) is 21.7 Å². The van der Waals surface area contributed by atoms with Crippen molar-refractivity contribution in [2.75, 3.05) is 27.3 Å². The summed E-state index contributed by atoms with van der Waals surface area (Å²) in [5, 5.41) is 0. The summed E-state index contributed by atoms with van der Waals surface area (Å²) in [5.74, 6) is 1.40. The molecule has 0 unspecified atom stereocenters. The molecule has 0 aromatic heterocycles. The average Bonchev–Trinajstić information content (AvgIpc) is 2.90. The third-order valence-electron chi connectivity index (χ3n) is 3.07. The standard InChI is InChI=1S/C13H16BrNO2S/c1-16-11-8-9(7-10(14)12(11)17-2)13(18)15-5-3-4-6-15/h7-8H,3-6H2,1-2H3. The highest BCUT2D eigenvalue weighted by Crippen LogP contribution is 2.36. The Kier molecular flexibility index (Phi) is 4.45. The monoisotopic (exact) mass is 329 g/mol. The third-order valence-corrected chi connectivity index (χ3v) is 4.16. The van der Waals surface area contributed by atoms with Gasteiger partial charge in [0.2, 0.25) is 0 Å². The van der Waals surface area contributed by atoms with Crippen LogP contribution in [-0.4, -0.2) is 37.2 Å². The Bertz CT molecular complexity index is 459. The second-order valence-corrected chi connectivity index (χ2v) is 5.43. The molecule has 1 aromatic rings. The zero-order valence-electron chi connectivity index (χ0n) is 10.5. The van der Waals surface area contributed by atoms with E-state index in [0.29, 0.717) is 11.5 Å². The first kappa shape index (κ1) is 13.6. The van der Waals surface area contributed by atoms with Gasteiger partial charge in [0, 0.05) is 18.7 Å². The van der Waals surface area contributed by atoms with Crippen molar-refractivity contribution in [3.63, 3.8) is 0 Å². The molecule has 0 radical (unpaired) electrons. The zero-order chi connectivity index (χ0) is 13.1. The molecule has 0 N–H and O–H groups in total. The van der Waals surface area contributed by atoms with Gasteiger partial charge in [0.05, 0.1) is 18.7 Å². The Morgan fingerprint density at radius 3 is 2.44 bits per heavy atom.